The number of aromatic carboxylic acids is 1. The van der Waals surface area contributed by atoms with Gasteiger partial charge in [-0.25, -0.2) is 4.79 Å². The molecule has 0 bridgehead atoms. The Labute approximate surface area is 120 Å². The lowest BCUT2D eigenvalue weighted by Crippen LogP contribution is -2.68. The minimum absolute atomic E-state index is 0.391. The van der Waals surface area contributed by atoms with E-state index in [1.54, 1.807) is 6.07 Å². The van der Waals surface area contributed by atoms with Gasteiger partial charge >= 0.3 is 5.97 Å². The van der Waals surface area contributed by atoms with Crippen LogP contribution >= 0.6 is 0 Å². The molecule has 1 N–H and O–H groups in total. The van der Waals surface area contributed by atoms with Gasteiger partial charge in [0, 0.05) is 19.1 Å². The van der Waals surface area contributed by atoms with Gasteiger partial charge in [-0.05, 0) is 41.9 Å². The average molecular weight is 273 g/mol. The lowest BCUT2D eigenvalue weighted by Gasteiger charge is -2.64. The number of hydrogen-bond acceptors (Lipinski definition) is 2. The van der Waals surface area contributed by atoms with Gasteiger partial charge in [0.25, 0.3) is 0 Å². The molecule has 1 aromatic carbocycles. The van der Waals surface area contributed by atoms with Gasteiger partial charge < -0.3 is 5.11 Å². The molecule has 1 saturated carbocycles. The minimum Gasteiger partial charge on any atom is -0.478 e. The van der Waals surface area contributed by atoms with Gasteiger partial charge in [-0.15, -0.1) is 0 Å². The number of likely N-dealkylation sites (tertiary alicyclic amines) is 1. The van der Waals surface area contributed by atoms with E-state index in [1.165, 1.54) is 25.8 Å². The van der Waals surface area contributed by atoms with Gasteiger partial charge in [0.15, 0.2) is 0 Å². The maximum Gasteiger partial charge on any atom is 0.335 e. The van der Waals surface area contributed by atoms with E-state index < -0.39 is 5.97 Å². The van der Waals surface area contributed by atoms with E-state index in [1.807, 2.05) is 18.2 Å². The van der Waals surface area contributed by atoms with Crippen molar-refractivity contribution >= 4 is 5.97 Å². The van der Waals surface area contributed by atoms with Crippen LogP contribution in [0.25, 0.3) is 0 Å². The first-order valence-corrected chi connectivity index (χ1v) is 7.58. The zero-order valence-corrected chi connectivity index (χ0v) is 12.3. The Hall–Kier alpha value is -1.35. The van der Waals surface area contributed by atoms with Gasteiger partial charge in [-0.1, -0.05) is 32.4 Å². The summed E-state index contributed by atoms with van der Waals surface area (Å²) in [7, 11) is 0. The molecule has 1 saturated heterocycles. The highest BCUT2D eigenvalue weighted by molar-refractivity contribution is 5.87. The van der Waals surface area contributed by atoms with Crippen molar-refractivity contribution in [3.8, 4) is 0 Å². The standard InChI is InChI=1S/C17H23NO2/c1-12(2)15-17(7-4-8-17)11-18(15)10-13-5-3-6-14(9-13)16(19)20/h3,5-6,9,12,15H,4,7-8,10-11H2,1-2H3,(H,19,20). The predicted octanol–water partition coefficient (Wildman–Crippen LogP) is 3.40. The van der Waals surface area contributed by atoms with E-state index in [9.17, 15) is 4.79 Å². The average Bonchev–Trinajstić information content (AvgIpc) is 2.31. The van der Waals surface area contributed by atoms with E-state index in [0.717, 1.165) is 12.1 Å². The maximum absolute atomic E-state index is 11.0. The lowest BCUT2D eigenvalue weighted by molar-refractivity contribution is -0.149. The minimum atomic E-state index is -0.841. The second-order valence-corrected chi connectivity index (χ2v) is 6.82. The zero-order valence-electron chi connectivity index (χ0n) is 12.3. The topological polar surface area (TPSA) is 40.5 Å². The second kappa shape index (κ2) is 4.88. The number of carboxylic acid groups (broad SMARTS) is 1. The molecule has 1 spiro atoms. The van der Waals surface area contributed by atoms with Crippen LogP contribution < -0.4 is 0 Å². The van der Waals surface area contributed by atoms with Crippen molar-refractivity contribution < 1.29 is 9.90 Å². The fraction of sp³-hybridized carbons (Fsp3) is 0.588. The Morgan fingerprint density at radius 3 is 2.75 bits per heavy atom. The number of hydrogen-bond donors (Lipinski definition) is 1. The SMILES string of the molecule is CC(C)C1N(Cc2cccc(C(=O)O)c2)CC12CCC2. The quantitative estimate of drug-likeness (QED) is 0.914. The molecule has 0 aromatic heterocycles. The van der Waals surface area contributed by atoms with E-state index in [-0.39, 0.29) is 0 Å². The summed E-state index contributed by atoms with van der Waals surface area (Å²) in [6.07, 6.45) is 4.13. The molecule has 3 heteroatoms. The van der Waals surface area contributed by atoms with Gasteiger partial charge in [0.05, 0.1) is 5.56 Å². The summed E-state index contributed by atoms with van der Waals surface area (Å²) in [5.41, 5.74) is 2.09. The van der Waals surface area contributed by atoms with Crippen molar-refractivity contribution in [2.24, 2.45) is 11.3 Å². The molecule has 0 radical (unpaired) electrons. The van der Waals surface area contributed by atoms with Gasteiger partial charge in [0.1, 0.15) is 0 Å². The number of rotatable bonds is 4. The molecule has 20 heavy (non-hydrogen) atoms. The van der Waals surface area contributed by atoms with Crippen molar-refractivity contribution in [3.05, 3.63) is 35.4 Å². The van der Waals surface area contributed by atoms with Gasteiger partial charge in [-0.3, -0.25) is 4.90 Å². The van der Waals surface area contributed by atoms with E-state index >= 15 is 0 Å². The maximum atomic E-state index is 11.0. The highest BCUT2D eigenvalue weighted by Gasteiger charge is 2.56. The van der Waals surface area contributed by atoms with Crippen molar-refractivity contribution in [2.75, 3.05) is 6.54 Å². The van der Waals surface area contributed by atoms with Gasteiger partial charge in [0.2, 0.25) is 0 Å². The molecule has 3 rings (SSSR count). The summed E-state index contributed by atoms with van der Waals surface area (Å²) in [5, 5.41) is 9.07. The molecule has 1 aliphatic heterocycles. The third kappa shape index (κ3) is 2.14. The van der Waals surface area contributed by atoms with Crippen LogP contribution in [0.5, 0.6) is 0 Å². The van der Waals surface area contributed by atoms with Crippen LogP contribution in [-0.4, -0.2) is 28.6 Å². The van der Waals surface area contributed by atoms with Crippen LogP contribution in [-0.2, 0) is 6.54 Å². The van der Waals surface area contributed by atoms with Crippen LogP contribution in [0.15, 0.2) is 24.3 Å². The Morgan fingerprint density at radius 1 is 1.45 bits per heavy atom. The normalized spacial score (nSPS) is 24.4. The summed E-state index contributed by atoms with van der Waals surface area (Å²) < 4.78 is 0. The molecule has 1 aliphatic carbocycles. The van der Waals surface area contributed by atoms with Crippen molar-refractivity contribution in [3.63, 3.8) is 0 Å². The molecule has 2 fully saturated rings. The highest BCUT2D eigenvalue weighted by atomic mass is 16.4. The Morgan fingerprint density at radius 2 is 2.20 bits per heavy atom. The molecule has 1 aromatic rings. The second-order valence-electron chi connectivity index (χ2n) is 6.82. The molecular weight excluding hydrogens is 250 g/mol. The van der Waals surface area contributed by atoms with Crippen molar-refractivity contribution in [1.82, 2.24) is 4.90 Å². The summed E-state index contributed by atoms with van der Waals surface area (Å²) >= 11 is 0. The summed E-state index contributed by atoms with van der Waals surface area (Å²) in [6.45, 7) is 6.69. The molecule has 1 heterocycles. The molecule has 108 valence electrons. The lowest BCUT2D eigenvalue weighted by atomic mass is 9.55. The molecule has 0 amide bonds. The fourth-order valence-electron chi connectivity index (χ4n) is 4.28. The van der Waals surface area contributed by atoms with E-state index in [2.05, 4.69) is 18.7 Å². The van der Waals surface area contributed by atoms with Crippen LogP contribution in [0.2, 0.25) is 0 Å². The third-order valence-electron chi connectivity index (χ3n) is 5.08. The summed E-state index contributed by atoms with van der Waals surface area (Å²) in [4.78, 5) is 13.6. The van der Waals surface area contributed by atoms with E-state index in [4.69, 9.17) is 5.11 Å². The first-order chi connectivity index (χ1) is 9.52. The van der Waals surface area contributed by atoms with Crippen molar-refractivity contribution in [2.45, 2.75) is 45.7 Å². The molecule has 3 nitrogen and oxygen atoms in total. The highest BCUT2D eigenvalue weighted by Crippen LogP contribution is 2.55. The number of carbonyl (C=O) groups is 1. The Balaban J connectivity index is 1.72. The number of benzene rings is 1. The predicted molar refractivity (Wildman–Crippen MR) is 78.7 cm³/mol. The van der Waals surface area contributed by atoms with Gasteiger partial charge in [-0.2, -0.15) is 0 Å². The molecular formula is C17H23NO2. The third-order valence-corrected chi connectivity index (χ3v) is 5.08. The van der Waals surface area contributed by atoms with Crippen LogP contribution in [0.1, 0.15) is 49.0 Å². The zero-order chi connectivity index (χ0) is 14.3. The largest absolute Gasteiger partial charge is 0.478 e. The molecule has 1 unspecified atom stereocenters. The molecule has 1 atom stereocenters. The first kappa shape index (κ1) is 13.6. The van der Waals surface area contributed by atoms with E-state index in [0.29, 0.717) is 22.9 Å². The van der Waals surface area contributed by atoms with Crippen LogP contribution in [0.3, 0.4) is 0 Å². The number of nitrogens with zero attached hydrogens (tertiary/aromatic N) is 1. The van der Waals surface area contributed by atoms with Crippen LogP contribution in [0, 0.1) is 11.3 Å². The first-order valence-electron chi connectivity index (χ1n) is 7.58. The number of carboxylic acids is 1. The smallest absolute Gasteiger partial charge is 0.335 e. The molecule has 2 aliphatic rings. The van der Waals surface area contributed by atoms with Crippen LogP contribution in [0.4, 0.5) is 0 Å². The fourth-order valence-corrected chi connectivity index (χ4v) is 4.28. The Kier molecular flexibility index (Phi) is 3.33. The monoisotopic (exact) mass is 273 g/mol. The summed E-state index contributed by atoms with van der Waals surface area (Å²) in [5.74, 6) is -0.168. The Bertz CT molecular complexity index is 519. The summed E-state index contributed by atoms with van der Waals surface area (Å²) in [6, 6.07) is 8.03. The van der Waals surface area contributed by atoms with Crippen molar-refractivity contribution in [1.29, 1.82) is 0 Å².